The van der Waals surface area contributed by atoms with Gasteiger partial charge in [0.2, 0.25) is 11.7 Å². The smallest absolute Gasteiger partial charge is 0.224 e. The fraction of sp³-hybridized carbons (Fsp3) is 0.696. The maximum absolute atomic E-state index is 11.3. The van der Waals surface area contributed by atoms with Gasteiger partial charge in [0, 0.05) is 6.42 Å². The zero-order chi connectivity index (χ0) is 26.6. The quantitative estimate of drug-likeness (QED) is 0.147. The number of nitrogens with two attached hydrogens (primary N) is 1. The van der Waals surface area contributed by atoms with Crippen LogP contribution in [0.2, 0.25) is 0 Å². The van der Waals surface area contributed by atoms with Crippen LogP contribution in [0.25, 0.3) is 0 Å². The van der Waals surface area contributed by atoms with E-state index in [0.29, 0.717) is 0 Å². The molecule has 0 bridgehead atoms. The van der Waals surface area contributed by atoms with Crippen LogP contribution in [0.1, 0.15) is 30.1 Å². The van der Waals surface area contributed by atoms with Crippen molar-refractivity contribution in [2.45, 2.75) is 80.7 Å². The van der Waals surface area contributed by atoms with Crippen LogP contribution in [0.15, 0.2) is 24.3 Å². The summed E-state index contributed by atoms with van der Waals surface area (Å²) in [5.74, 6) is -2.80. The van der Waals surface area contributed by atoms with E-state index < -0.39 is 80.0 Å². The van der Waals surface area contributed by atoms with Gasteiger partial charge in [0.05, 0.1) is 19.3 Å². The Hall–Kier alpha value is -1.75. The summed E-state index contributed by atoms with van der Waals surface area (Å²) >= 11 is 0. The minimum atomic E-state index is -2.28. The molecule has 13 heteroatoms. The number of aryl methyl sites for hydroxylation is 1. The van der Waals surface area contributed by atoms with E-state index >= 15 is 0 Å². The Balaban J connectivity index is 1.73. The average molecular weight is 518 g/mol. The summed E-state index contributed by atoms with van der Waals surface area (Å²) < 4.78 is 22.3. The van der Waals surface area contributed by atoms with Crippen LogP contribution in [0, 0.1) is 6.92 Å². The Morgan fingerprint density at radius 1 is 1.03 bits per heavy atom. The number of ether oxygens (including phenoxy) is 4. The third kappa shape index (κ3) is 6.20. The van der Waals surface area contributed by atoms with E-state index in [1.165, 1.54) is 0 Å². The lowest BCUT2D eigenvalue weighted by Gasteiger charge is -2.43. The van der Waals surface area contributed by atoms with Gasteiger partial charge in [-0.15, -0.1) is 0 Å². The van der Waals surface area contributed by atoms with E-state index in [1.54, 1.807) is 0 Å². The molecule has 0 radical (unpaired) electrons. The lowest BCUT2D eigenvalue weighted by atomic mass is 9.98. The third-order valence-corrected chi connectivity index (χ3v) is 6.45. The molecular formula is C23H35NO12. The van der Waals surface area contributed by atoms with Gasteiger partial charge in [-0.25, -0.2) is 0 Å². The molecule has 0 aromatic heterocycles. The first kappa shape index (κ1) is 28.8. The predicted octanol–water partition coefficient (Wildman–Crippen LogP) is -3.06. The molecule has 36 heavy (non-hydrogen) atoms. The summed E-state index contributed by atoms with van der Waals surface area (Å²) in [5.41, 5.74) is 7.03. The number of carbonyl (C=O) groups excluding carboxylic acids is 1. The summed E-state index contributed by atoms with van der Waals surface area (Å²) in [7, 11) is 0. The van der Waals surface area contributed by atoms with E-state index in [4.69, 9.17) is 24.7 Å². The Kier molecular flexibility index (Phi) is 9.76. The van der Waals surface area contributed by atoms with E-state index in [9.17, 15) is 40.5 Å². The molecule has 1 amide bonds. The van der Waals surface area contributed by atoms with E-state index in [2.05, 4.69) is 0 Å². The molecule has 2 aliphatic heterocycles. The molecule has 13 nitrogen and oxygen atoms in total. The summed E-state index contributed by atoms with van der Waals surface area (Å²) in [6, 6.07) is 7.36. The van der Waals surface area contributed by atoms with Crippen molar-refractivity contribution >= 4 is 5.91 Å². The fourth-order valence-electron chi connectivity index (χ4n) is 4.23. The summed E-state index contributed by atoms with van der Waals surface area (Å²) in [4.78, 5) is 11.3. The molecule has 3 rings (SSSR count). The molecular weight excluding hydrogens is 482 g/mol. The predicted molar refractivity (Wildman–Crippen MR) is 120 cm³/mol. The second-order valence-electron chi connectivity index (χ2n) is 9.11. The summed E-state index contributed by atoms with van der Waals surface area (Å²) in [5, 5.41) is 70.9. The maximum atomic E-state index is 11.3. The van der Waals surface area contributed by atoms with E-state index in [0.717, 1.165) is 11.1 Å². The first-order valence-electron chi connectivity index (χ1n) is 11.6. The van der Waals surface area contributed by atoms with Gasteiger partial charge >= 0.3 is 0 Å². The molecule has 1 aromatic rings. The van der Waals surface area contributed by atoms with E-state index in [-0.39, 0.29) is 19.4 Å². The number of benzene rings is 1. The molecule has 0 saturated carbocycles. The van der Waals surface area contributed by atoms with Crippen molar-refractivity contribution in [1.29, 1.82) is 0 Å². The molecule has 0 aliphatic carbocycles. The van der Waals surface area contributed by atoms with Crippen LogP contribution in [0.3, 0.4) is 0 Å². The largest absolute Gasteiger partial charge is 0.394 e. The van der Waals surface area contributed by atoms with Gasteiger partial charge in [-0.3, -0.25) is 4.79 Å². The van der Waals surface area contributed by atoms with Crippen molar-refractivity contribution < 1.29 is 59.5 Å². The molecule has 10 atom stereocenters. The molecule has 1 aromatic carbocycles. The lowest BCUT2D eigenvalue weighted by Crippen LogP contribution is -2.62. The first-order chi connectivity index (χ1) is 17.0. The number of aliphatic hydroxyl groups excluding tert-OH is 7. The van der Waals surface area contributed by atoms with Crippen molar-refractivity contribution in [3.63, 3.8) is 0 Å². The van der Waals surface area contributed by atoms with Gasteiger partial charge in [-0.05, 0) is 18.9 Å². The fourth-order valence-corrected chi connectivity index (χ4v) is 4.23. The Labute approximate surface area is 207 Å². The second kappa shape index (κ2) is 12.2. The number of aliphatic hydroxyl groups is 7. The molecule has 9 N–H and O–H groups in total. The second-order valence-corrected chi connectivity index (χ2v) is 9.11. The monoisotopic (exact) mass is 517 g/mol. The molecule has 2 saturated heterocycles. The van der Waals surface area contributed by atoms with Gasteiger partial charge in [0.1, 0.15) is 49.3 Å². The van der Waals surface area contributed by atoms with Gasteiger partial charge in [0.25, 0.3) is 0 Å². The van der Waals surface area contributed by atoms with Crippen molar-refractivity contribution in [3.05, 3.63) is 35.4 Å². The average Bonchev–Trinajstić information content (AvgIpc) is 3.10. The van der Waals surface area contributed by atoms with Crippen molar-refractivity contribution in [2.24, 2.45) is 5.73 Å². The standard InChI is InChI=1S/C23H35NO12/c1-11-2-4-12(5-3-11)13(6-7-16(24)27)33-9-15-17(28)19(30)20(31)22(34-15)36-23(10-26)21(32)18(29)14(8-25)35-23/h2-5,13-15,17-22,25-26,28-32H,6-10H2,1H3,(H2,24,27)/t13?,14-,15-,17-,18-,19+,20-,21+,22-,23+/m1/s1. The number of amides is 1. The summed E-state index contributed by atoms with van der Waals surface area (Å²) in [6.07, 6.45) is -13.3. The van der Waals surface area contributed by atoms with Crippen LogP contribution in [-0.4, -0.2) is 116 Å². The Morgan fingerprint density at radius 2 is 1.69 bits per heavy atom. The SMILES string of the molecule is Cc1ccc(C(CCC(N)=O)OC[C@H]2O[C@H](O[C@]3(CO)O[C@H](CO)[C@@H](O)[C@@H]3O)[C@H](O)[C@@H](O)[C@@H]2O)cc1. The van der Waals surface area contributed by atoms with Crippen LogP contribution in [0.4, 0.5) is 0 Å². The zero-order valence-corrected chi connectivity index (χ0v) is 19.8. The normalized spacial score (nSPS) is 37.7. The minimum Gasteiger partial charge on any atom is -0.394 e. The number of hydrogen-bond acceptors (Lipinski definition) is 12. The van der Waals surface area contributed by atoms with Crippen molar-refractivity contribution in [1.82, 2.24) is 0 Å². The summed E-state index contributed by atoms with van der Waals surface area (Å²) in [6.45, 7) is -0.0782. The van der Waals surface area contributed by atoms with Crippen molar-refractivity contribution in [3.8, 4) is 0 Å². The van der Waals surface area contributed by atoms with Gasteiger partial charge in [0.15, 0.2) is 6.29 Å². The van der Waals surface area contributed by atoms with Crippen LogP contribution < -0.4 is 5.73 Å². The molecule has 2 fully saturated rings. The first-order valence-corrected chi connectivity index (χ1v) is 11.6. The third-order valence-electron chi connectivity index (χ3n) is 6.45. The van der Waals surface area contributed by atoms with Crippen LogP contribution in [-0.2, 0) is 23.7 Å². The molecule has 2 heterocycles. The van der Waals surface area contributed by atoms with E-state index in [1.807, 2.05) is 31.2 Å². The molecule has 2 aliphatic rings. The van der Waals surface area contributed by atoms with Crippen LogP contribution in [0.5, 0.6) is 0 Å². The highest BCUT2D eigenvalue weighted by Crippen LogP contribution is 2.36. The zero-order valence-electron chi connectivity index (χ0n) is 19.8. The highest BCUT2D eigenvalue weighted by Gasteiger charge is 2.58. The van der Waals surface area contributed by atoms with Gasteiger partial charge in [-0.2, -0.15) is 0 Å². The van der Waals surface area contributed by atoms with Gasteiger partial charge in [-0.1, -0.05) is 29.8 Å². The number of rotatable bonds is 11. The van der Waals surface area contributed by atoms with Gasteiger partial charge < -0.3 is 60.4 Å². The Bertz CT molecular complexity index is 856. The molecule has 0 spiro atoms. The highest BCUT2D eigenvalue weighted by atomic mass is 16.8. The number of carbonyl (C=O) groups is 1. The topological polar surface area (TPSA) is 222 Å². The lowest BCUT2D eigenvalue weighted by molar-refractivity contribution is -0.384. The van der Waals surface area contributed by atoms with Crippen molar-refractivity contribution in [2.75, 3.05) is 19.8 Å². The Morgan fingerprint density at radius 3 is 2.25 bits per heavy atom. The van der Waals surface area contributed by atoms with Crippen LogP contribution >= 0.6 is 0 Å². The molecule has 1 unspecified atom stereocenters. The number of primary amides is 1. The highest BCUT2D eigenvalue weighted by molar-refractivity contribution is 5.73. The maximum Gasteiger partial charge on any atom is 0.224 e. The number of hydrogen-bond donors (Lipinski definition) is 8. The minimum absolute atomic E-state index is 0.0301. The molecule has 204 valence electrons.